The predicted octanol–water partition coefficient (Wildman–Crippen LogP) is 1.85. The lowest BCUT2D eigenvalue weighted by Gasteiger charge is -2.29. The minimum Gasteiger partial charge on any atom is -0.346 e. The van der Waals surface area contributed by atoms with Crippen molar-refractivity contribution in [1.29, 1.82) is 0 Å². The van der Waals surface area contributed by atoms with Crippen LogP contribution in [-0.4, -0.2) is 45.0 Å². The molecule has 7 nitrogen and oxygen atoms in total. The third-order valence-corrected chi connectivity index (χ3v) is 5.09. The molecule has 4 rings (SSSR count). The molecule has 3 aromatic rings. The number of aromatic nitrogens is 4. The number of carbonyl (C=O) groups excluding carboxylic acids is 1. The van der Waals surface area contributed by atoms with E-state index in [1.54, 1.807) is 10.9 Å². The zero-order chi connectivity index (χ0) is 18.1. The van der Waals surface area contributed by atoms with Crippen molar-refractivity contribution in [3.05, 3.63) is 47.9 Å². The van der Waals surface area contributed by atoms with Crippen molar-refractivity contribution >= 4 is 16.8 Å². The van der Waals surface area contributed by atoms with Crippen molar-refractivity contribution in [3.63, 3.8) is 0 Å². The molecule has 0 radical (unpaired) electrons. The quantitative estimate of drug-likeness (QED) is 0.753. The molecule has 3 heterocycles. The molecule has 1 aromatic carbocycles. The Bertz CT molecular complexity index is 945. The van der Waals surface area contributed by atoms with Crippen LogP contribution in [0.25, 0.3) is 16.6 Å². The Morgan fingerprint density at radius 1 is 1.31 bits per heavy atom. The Balaban J connectivity index is 1.65. The predicted molar refractivity (Wildman–Crippen MR) is 99.3 cm³/mol. The standard InChI is InChI=1S/C19H22N6O/c1-12-8-10-20-11-15(12)22-19(26)17-13(2)25(24-23-17)16-7-3-5-14-6-4-9-21-18(14)16/h3-7,9,12,15,20H,8,10-11H2,1-2H3,(H,22,26). The van der Waals surface area contributed by atoms with Crippen LogP contribution in [0.2, 0.25) is 0 Å². The van der Waals surface area contributed by atoms with Gasteiger partial charge in [0, 0.05) is 24.2 Å². The molecule has 0 aliphatic carbocycles. The zero-order valence-corrected chi connectivity index (χ0v) is 14.9. The largest absolute Gasteiger partial charge is 0.346 e. The molecule has 1 fully saturated rings. The lowest BCUT2D eigenvalue weighted by Crippen LogP contribution is -2.50. The summed E-state index contributed by atoms with van der Waals surface area (Å²) in [6.07, 6.45) is 2.81. The summed E-state index contributed by atoms with van der Waals surface area (Å²) in [7, 11) is 0. The highest BCUT2D eigenvalue weighted by molar-refractivity contribution is 5.94. The van der Waals surface area contributed by atoms with E-state index in [1.165, 1.54) is 0 Å². The highest BCUT2D eigenvalue weighted by Crippen LogP contribution is 2.21. The minimum atomic E-state index is -0.178. The van der Waals surface area contributed by atoms with Crippen LogP contribution in [0.1, 0.15) is 29.5 Å². The fraction of sp³-hybridized carbons (Fsp3) is 0.368. The number of benzene rings is 1. The number of rotatable bonds is 3. The average molecular weight is 350 g/mol. The Morgan fingerprint density at radius 2 is 2.15 bits per heavy atom. The summed E-state index contributed by atoms with van der Waals surface area (Å²) < 4.78 is 1.69. The summed E-state index contributed by atoms with van der Waals surface area (Å²) in [6, 6.07) is 9.91. The van der Waals surface area contributed by atoms with Crippen molar-refractivity contribution < 1.29 is 4.79 Å². The number of hydrogen-bond donors (Lipinski definition) is 2. The molecule has 134 valence electrons. The van der Waals surface area contributed by atoms with Gasteiger partial charge in [-0.25, -0.2) is 4.68 Å². The number of nitrogens with zero attached hydrogens (tertiary/aromatic N) is 4. The molecule has 26 heavy (non-hydrogen) atoms. The van der Waals surface area contributed by atoms with E-state index in [2.05, 4.69) is 32.9 Å². The summed E-state index contributed by atoms with van der Waals surface area (Å²) in [5.41, 5.74) is 2.72. The first-order valence-corrected chi connectivity index (χ1v) is 8.93. The Hall–Kier alpha value is -2.80. The monoisotopic (exact) mass is 350 g/mol. The van der Waals surface area contributed by atoms with Crippen molar-refractivity contribution in [2.24, 2.45) is 5.92 Å². The molecule has 7 heteroatoms. The summed E-state index contributed by atoms with van der Waals surface area (Å²) in [6.45, 7) is 5.81. The first-order chi connectivity index (χ1) is 12.6. The van der Waals surface area contributed by atoms with E-state index in [0.717, 1.165) is 36.1 Å². The van der Waals surface area contributed by atoms with E-state index in [4.69, 9.17) is 0 Å². The van der Waals surface area contributed by atoms with E-state index < -0.39 is 0 Å². The molecular formula is C19H22N6O. The molecule has 0 saturated carbocycles. The number of pyridine rings is 1. The number of fused-ring (bicyclic) bond motifs is 1. The average Bonchev–Trinajstić information content (AvgIpc) is 3.04. The van der Waals surface area contributed by atoms with E-state index in [0.29, 0.717) is 17.3 Å². The van der Waals surface area contributed by atoms with Crippen LogP contribution >= 0.6 is 0 Å². The number of amides is 1. The first-order valence-electron chi connectivity index (χ1n) is 8.93. The second-order valence-electron chi connectivity index (χ2n) is 6.84. The van der Waals surface area contributed by atoms with Crippen LogP contribution in [0, 0.1) is 12.8 Å². The van der Waals surface area contributed by atoms with E-state index >= 15 is 0 Å². The number of nitrogens with one attached hydrogen (secondary N) is 2. The molecule has 1 amide bonds. The van der Waals surface area contributed by atoms with Crippen LogP contribution < -0.4 is 10.6 Å². The topological polar surface area (TPSA) is 84.7 Å². The highest BCUT2D eigenvalue weighted by Gasteiger charge is 2.26. The van der Waals surface area contributed by atoms with Gasteiger partial charge in [-0.15, -0.1) is 5.10 Å². The normalized spacial score (nSPS) is 20.2. The summed E-state index contributed by atoms with van der Waals surface area (Å²) >= 11 is 0. The fourth-order valence-corrected chi connectivity index (χ4v) is 3.45. The molecule has 2 aromatic heterocycles. The SMILES string of the molecule is Cc1c(C(=O)NC2CNCCC2C)nnn1-c1cccc2cccnc12. The maximum absolute atomic E-state index is 12.7. The van der Waals surface area contributed by atoms with E-state index in [-0.39, 0.29) is 11.9 Å². The van der Waals surface area contributed by atoms with Crippen molar-refractivity contribution in [1.82, 2.24) is 30.6 Å². The van der Waals surface area contributed by atoms with Gasteiger partial charge < -0.3 is 10.6 Å². The smallest absolute Gasteiger partial charge is 0.274 e. The molecule has 1 saturated heterocycles. The molecule has 0 bridgehead atoms. The molecule has 2 unspecified atom stereocenters. The Labute approximate surface area is 151 Å². The number of para-hydroxylation sites is 1. The maximum atomic E-state index is 12.7. The number of hydrogen-bond acceptors (Lipinski definition) is 5. The van der Waals surface area contributed by atoms with Crippen molar-refractivity contribution in [2.45, 2.75) is 26.3 Å². The zero-order valence-electron chi connectivity index (χ0n) is 14.9. The van der Waals surface area contributed by atoms with Crippen molar-refractivity contribution in [3.8, 4) is 5.69 Å². The second kappa shape index (κ2) is 6.84. The molecule has 2 N–H and O–H groups in total. The third kappa shape index (κ3) is 2.94. The van der Waals surface area contributed by atoms with Crippen LogP contribution in [0.5, 0.6) is 0 Å². The lowest BCUT2D eigenvalue weighted by atomic mass is 9.95. The Morgan fingerprint density at radius 3 is 3.00 bits per heavy atom. The number of piperidine rings is 1. The first kappa shape index (κ1) is 16.7. The van der Waals surface area contributed by atoms with E-state index in [9.17, 15) is 4.79 Å². The third-order valence-electron chi connectivity index (χ3n) is 5.09. The lowest BCUT2D eigenvalue weighted by molar-refractivity contribution is 0.0909. The van der Waals surface area contributed by atoms with Gasteiger partial charge in [-0.2, -0.15) is 0 Å². The number of carbonyl (C=O) groups is 1. The van der Waals surface area contributed by atoms with Crippen LogP contribution in [0.4, 0.5) is 0 Å². The summed E-state index contributed by atoms with van der Waals surface area (Å²) in [4.78, 5) is 17.2. The van der Waals surface area contributed by atoms with Crippen LogP contribution in [0.3, 0.4) is 0 Å². The molecule has 1 aliphatic heterocycles. The van der Waals surface area contributed by atoms with E-state index in [1.807, 2.05) is 37.3 Å². The van der Waals surface area contributed by atoms with Gasteiger partial charge in [-0.1, -0.05) is 30.3 Å². The van der Waals surface area contributed by atoms with Gasteiger partial charge >= 0.3 is 0 Å². The van der Waals surface area contributed by atoms with Crippen LogP contribution in [-0.2, 0) is 0 Å². The summed E-state index contributed by atoms with van der Waals surface area (Å²) in [5.74, 6) is 0.264. The van der Waals surface area contributed by atoms with Gasteiger partial charge in [0.2, 0.25) is 0 Å². The fourth-order valence-electron chi connectivity index (χ4n) is 3.45. The molecule has 0 spiro atoms. The highest BCUT2D eigenvalue weighted by atomic mass is 16.2. The van der Waals surface area contributed by atoms with Gasteiger partial charge in [0.1, 0.15) is 0 Å². The van der Waals surface area contributed by atoms with Gasteiger partial charge in [-0.05, 0) is 37.9 Å². The molecule has 2 atom stereocenters. The second-order valence-corrected chi connectivity index (χ2v) is 6.84. The van der Waals surface area contributed by atoms with Gasteiger partial charge in [0.15, 0.2) is 5.69 Å². The minimum absolute atomic E-state index is 0.111. The van der Waals surface area contributed by atoms with Gasteiger partial charge in [0.05, 0.1) is 16.9 Å². The van der Waals surface area contributed by atoms with Crippen LogP contribution in [0.15, 0.2) is 36.5 Å². The maximum Gasteiger partial charge on any atom is 0.274 e. The Kier molecular flexibility index (Phi) is 4.38. The van der Waals surface area contributed by atoms with Crippen molar-refractivity contribution in [2.75, 3.05) is 13.1 Å². The van der Waals surface area contributed by atoms with Gasteiger partial charge in [0.25, 0.3) is 5.91 Å². The molecule has 1 aliphatic rings. The molecular weight excluding hydrogens is 328 g/mol. The van der Waals surface area contributed by atoms with Gasteiger partial charge in [-0.3, -0.25) is 9.78 Å². The summed E-state index contributed by atoms with van der Waals surface area (Å²) in [5, 5.41) is 15.8.